The van der Waals surface area contributed by atoms with Crippen LogP contribution in [0.1, 0.15) is 45.6 Å². The maximum atomic E-state index is 11.7. The summed E-state index contributed by atoms with van der Waals surface area (Å²) in [4.78, 5) is 11.7. The number of rotatable bonds is 4. The van der Waals surface area contributed by atoms with Gasteiger partial charge >= 0.3 is 6.09 Å². The number of hydrogen-bond acceptors (Lipinski definition) is 3. The van der Waals surface area contributed by atoms with Crippen LogP contribution in [0.15, 0.2) is 18.2 Å². The first-order chi connectivity index (χ1) is 9.23. The lowest BCUT2D eigenvalue weighted by atomic mass is 9.97. The number of anilines is 1. The second-order valence-corrected chi connectivity index (χ2v) is 6.25. The van der Waals surface area contributed by atoms with E-state index in [4.69, 9.17) is 22.1 Å². The molecule has 0 aliphatic rings. The normalized spacial score (nSPS) is 12.9. The molecule has 0 radical (unpaired) electrons. The van der Waals surface area contributed by atoms with Gasteiger partial charge in [0.2, 0.25) is 0 Å². The van der Waals surface area contributed by atoms with E-state index in [0.29, 0.717) is 17.3 Å². The third-order valence-electron chi connectivity index (χ3n) is 2.77. The summed E-state index contributed by atoms with van der Waals surface area (Å²) in [7, 11) is 0. The van der Waals surface area contributed by atoms with Gasteiger partial charge in [-0.1, -0.05) is 18.5 Å². The molecule has 1 aromatic rings. The molecule has 0 fully saturated rings. The molecule has 112 valence electrons. The molecule has 0 saturated carbocycles. The Balaban J connectivity index is 2.82. The van der Waals surface area contributed by atoms with Gasteiger partial charge in [0.15, 0.2) is 0 Å². The molecule has 3 N–H and O–H groups in total. The summed E-state index contributed by atoms with van der Waals surface area (Å²) in [5.41, 5.74) is 6.70. The van der Waals surface area contributed by atoms with Crippen LogP contribution in [0.25, 0.3) is 0 Å². The average Bonchev–Trinajstić information content (AvgIpc) is 2.29. The van der Waals surface area contributed by atoms with Crippen LogP contribution in [0.3, 0.4) is 0 Å². The zero-order valence-corrected chi connectivity index (χ0v) is 13.3. The number of nitrogens with two attached hydrogens (primary N) is 1. The first kappa shape index (κ1) is 16.8. The number of hydrogen-bond donors (Lipinski definition) is 2. The predicted molar refractivity (Wildman–Crippen MR) is 83.4 cm³/mol. The van der Waals surface area contributed by atoms with Crippen molar-refractivity contribution in [2.24, 2.45) is 5.73 Å². The summed E-state index contributed by atoms with van der Waals surface area (Å²) in [5, 5.41) is 3.39. The lowest BCUT2D eigenvalue weighted by Crippen LogP contribution is -2.27. The molecule has 4 nitrogen and oxygen atoms in total. The van der Waals surface area contributed by atoms with Crippen LogP contribution in [0.5, 0.6) is 0 Å². The third kappa shape index (κ3) is 5.39. The van der Waals surface area contributed by atoms with Gasteiger partial charge in [0.25, 0.3) is 0 Å². The number of nitrogens with one attached hydrogen (secondary N) is 1. The highest BCUT2D eigenvalue weighted by atomic mass is 35.5. The third-order valence-corrected chi connectivity index (χ3v) is 3.12. The van der Waals surface area contributed by atoms with Crippen molar-refractivity contribution in [2.75, 3.05) is 11.9 Å². The highest BCUT2D eigenvalue weighted by Gasteiger charge is 2.17. The van der Waals surface area contributed by atoms with Crippen molar-refractivity contribution >= 4 is 23.4 Å². The van der Waals surface area contributed by atoms with Crippen LogP contribution in [-0.2, 0) is 4.74 Å². The fourth-order valence-corrected chi connectivity index (χ4v) is 2.13. The summed E-state index contributed by atoms with van der Waals surface area (Å²) >= 11 is 6.19. The van der Waals surface area contributed by atoms with E-state index in [1.54, 1.807) is 12.1 Å². The van der Waals surface area contributed by atoms with Crippen molar-refractivity contribution in [3.8, 4) is 0 Å². The van der Waals surface area contributed by atoms with Crippen LogP contribution < -0.4 is 11.1 Å². The number of carbonyl (C=O) groups is 1. The fraction of sp³-hybridized carbons (Fsp3) is 0.533. The van der Waals surface area contributed by atoms with Crippen molar-refractivity contribution in [2.45, 2.75) is 45.6 Å². The summed E-state index contributed by atoms with van der Waals surface area (Å²) in [5.74, 6) is 0.243. The van der Waals surface area contributed by atoms with Gasteiger partial charge < -0.3 is 10.5 Å². The molecule has 5 heteroatoms. The van der Waals surface area contributed by atoms with Gasteiger partial charge in [0, 0.05) is 10.7 Å². The Labute approximate surface area is 125 Å². The van der Waals surface area contributed by atoms with Crippen LogP contribution in [0.4, 0.5) is 10.5 Å². The van der Waals surface area contributed by atoms with Crippen molar-refractivity contribution in [3.05, 3.63) is 28.8 Å². The van der Waals surface area contributed by atoms with E-state index in [0.717, 1.165) is 12.0 Å². The minimum atomic E-state index is -0.522. The molecule has 0 heterocycles. The van der Waals surface area contributed by atoms with Crippen LogP contribution in [-0.4, -0.2) is 18.2 Å². The van der Waals surface area contributed by atoms with E-state index in [9.17, 15) is 4.79 Å². The number of amides is 1. The molecule has 1 amide bonds. The van der Waals surface area contributed by atoms with Gasteiger partial charge in [-0.05, 0) is 63.4 Å². The molecular formula is C15H23ClN2O2. The largest absolute Gasteiger partial charge is 0.444 e. The molecule has 0 aliphatic heterocycles. The Bertz CT molecular complexity index is 469. The predicted octanol–water partition coefficient (Wildman–Crippen LogP) is 4.14. The molecule has 0 spiro atoms. The minimum absolute atomic E-state index is 0.243. The second kappa shape index (κ2) is 6.95. The molecule has 20 heavy (non-hydrogen) atoms. The quantitative estimate of drug-likeness (QED) is 0.878. The lowest BCUT2D eigenvalue weighted by molar-refractivity contribution is 0.0636. The van der Waals surface area contributed by atoms with Crippen molar-refractivity contribution < 1.29 is 9.53 Å². The minimum Gasteiger partial charge on any atom is -0.444 e. The van der Waals surface area contributed by atoms with Gasteiger partial charge in [0.05, 0.1) is 0 Å². The summed E-state index contributed by atoms with van der Waals surface area (Å²) in [6.45, 7) is 8.13. The Morgan fingerprint density at radius 1 is 1.45 bits per heavy atom. The summed E-state index contributed by atoms with van der Waals surface area (Å²) in [6.07, 6.45) is 0.368. The topological polar surface area (TPSA) is 64.3 Å². The van der Waals surface area contributed by atoms with Crippen molar-refractivity contribution in [3.63, 3.8) is 0 Å². The van der Waals surface area contributed by atoms with Gasteiger partial charge in [-0.3, -0.25) is 5.32 Å². The van der Waals surface area contributed by atoms with Crippen LogP contribution in [0.2, 0.25) is 5.02 Å². The van der Waals surface area contributed by atoms with E-state index in [1.165, 1.54) is 0 Å². The van der Waals surface area contributed by atoms with E-state index < -0.39 is 11.7 Å². The highest BCUT2D eigenvalue weighted by molar-refractivity contribution is 6.31. The number of carbonyl (C=O) groups excluding carboxylic acids is 1. The standard InChI is InChI=1S/C15H23ClN2O2/c1-10(7-8-17)12-9-11(5-6-13(12)16)18-14(19)20-15(2,3)4/h5-6,9-10H,7-8,17H2,1-4H3,(H,18,19). The zero-order valence-electron chi connectivity index (χ0n) is 12.5. The summed E-state index contributed by atoms with van der Waals surface area (Å²) in [6, 6.07) is 5.40. The number of halogens is 1. The highest BCUT2D eigenvalue weighted by Crippen LogP contribution is 2.29. The fourth-order valence-electron chi connectivity index (χ4n) is 1.83. The first-order valence-electron chi connectivity index (χ1n) is 6.72. The van der Waals surface area contributed by atoms with E-state index in [-0.39, 0.29) is 5.92 Å². The molecule has 0 saturated heterocycles. The van der Waals surface area contributed by atoms with Crippen LogP contribution >= 0.6 is 11.6 Å². The Hall–Kier alpha value is -1.26. The number of ether oxygens (including phenoxy) is 1. The van der Waals surface area contributed by atoms with Crippen molar-refractivity contribution in [1.82, 2.24) is 0 Å². The molecule has 1 aromatic carbocycles. The molecule has 0 bridgehead atoms. The number of benzene rings is 1. The van der Waals surface area contributed by atoms with Crippen LogP contribution in [0, 0.1) is 0 Å². The van der Waals surface area contributed by atoms with E-state index in [1.807, 2.05) is 26.8 Å². The van der Waals surface area contributed by atoms with Crippen molar-refractivity contribution in [1.29, 1.82) is 0 Å². The molecular weight excluding hydrogens is 276 g/mol. The van der Waals surface area contributed by atoms with Gasteiger partial charge in [-0.25, -0.2) is 4.79 Å². The van der Waals surface area contributed by atoms with Gasteiger partial charge in [-0.15, -0.1) is 0 Å². The smallest absolute Gasteiger partial charge is 0.412 e. The maximum absolute atomic E-state index is 11.7. The average molecular weight is 299 g/mol. The summed E-state index contributed by atoms with van der Waals surface area (Å²) < 4.78 is 5.22. The van der Waals surface area contributed by atoms with E-state index in [2.05, 4.69) is 12.2 Å². The Morgan fingerprint density at radius 3 is 2.65 bits per heavy atom. The second-order valence-electron chi connectivity index (χ2n) is 5.84. The SMILES string of the molecule is CC(CCN)c1cc(NC(=O)OC(C)(C)C)ccc1Cl. The van der Waals surface area contributed by atoms with Gasteiger partial charge in [0.1, 0.15) is 5.60 Å². The first-order valence-corrected chi connectivity index (χ1v) is 7.10. The Morgan fingerprint density at radius 2 is 2.10 bits per heavy atom. The molecule has 0 aromatic heterocycles. The molecule has 1 unspecified atom stereocenters. The maximum Gasteiger partial charge on any atom is 0.412 e. The molecule has 1 atom stereocenters. The lowest BCUT2D eigenvalue weighted by Gasteiger charge is -2.20. The monoisotopic (exact) mass is 298 g/mol. The molecule has 0 aliphatic carbocycles. The zero-order chi connectivity index (χ0) is 15.3. The van der Waals surface area contributed by atoms with Gasteiger partial charge in [-0.2, -0.15) is 0 Å². The Kier molecular flexibility index (Phi) is 5.84. The van der Waals surface area contributed by atoms with E-state index >= 15 is 0 Å². The molecule has 1 rings (SSSR count).